The predicted octanol–water partition coefficient (Wildman–Crippen LogP) is 0.0759. The Balaban J connectivity index is 2.59. The van der Waals surface area contributed by atoms with Crippen molar-refractivity contribution >= 4 is 21.6 Å². The summed E-state index contributed by atoms with van der Waals surface area (Å²) in [6, 6.07) is 4.73. The molecule has 0 spiro atoms. The molecule has 1 aromatic rings. The summed E-state index contributed by atoms with van der Waals surface area (Å²) >= 11 is 0. The monoisotopic (exact) mass is 301 g/mol. The molecule has 5 N–H and O–H groups in total. The normalized spacial score (nSPS) is 11.1. The SMILES string of the molecule is CCOc1cc(N)cc(C(=O)NCCCS(N)(=O)=O)c1. The number of primary sulfonamides is 1. The molecule has 112 valence electrons. The molecule has 0 heterocycles. The Kier molecular flexibility index (Phi) is 5.78. The third-order valence-corrected chi connectivity index (χ3v) is 3.25. The van der Waals surface area contributed by atoms with E-state index in [1.54, 1.807) is 12.1 Å². The second-order valence-electron chi connectivity index (χ2n) is 4.20. The number of hydrogen-bond donors (Lipinski definition) is 3. The summed E-state index contributed by atoms with van der Waals surface area (Å²) in [7, 11) is -3.50. The Morgan fingerprint density at radius 3 is 2.65 bits per heavy atom. The summed E-state index contributed by atoms with van der Waals surface area (Å²) in [5.41, 5.74) is 6.47. The van der Waals surface area contributed by atoms with Gasteiger partial charge in [-0.05, 0) is 25.5 Å². The number of rotatable bonds is 7. The number of amides is 1. The van der Waals surface area contributed by atoms with Crippen molar-refractivity contribution in [1.29, 1.82) is 0 Å². The second-order valence-corrected chi connectivity index (χ2v) is 5.93. The number of ether oxygens (including phenoxy) is 1. The van der Waals surface area contributed by atoms with Crippen LogP contribution in [0.4, 0.5) is 5.69 Å². The molecule has 0 fully saturated rings. The Labute approximate surface area is 118 Å². The van der Waals surface area contributed by atoms with Gasteiger partial charge in [-0.3, -0.25) is 4.79 Å². The van der Waals surface area contributed by atoms with Gasteiger partial charge in [0.25, 0.3) is 5.91 Å². The van der Waals surface area contributed by atoms with Crippen molar-refractivity contribution in [2.75, 3.05) is 24.6 Å². The summed E-state index contributed by atoms with van der Waals surface area (Å²) in [4.78, 5) is 11.9. The summed E-state index contributed by atoms with van der Waals surface area (Å²) in [6.45, 7) is 2.52. The van der Waals surface area contributed by atoms with E-state index in [1.165, 1.54) is 6.07 Å². The zero-order valence-corrected chi connectivity index (χ0v) is 12.1. The maximum absolute atomic E-state index is 11.9. The molecule has 0 bridgehead atoms. The molecule has 0 saturated carbocycles. The van der Waals surface area contributed by atoms with Crippen LogP contribution in [0.5, 0.6) is 5.75 Å². The first-order valence-corrected chi connectivity index (χ1v) is 7.85. The lowest BCUT2D eigenvalue weighted by Gasteiger charge is -2.09. The lowest BCUT2D eigenvalue weighted by Crippen LogP contribution is -2.27. The van der Waals surface area contributed by atoms with E-state index in [9.17, 15) is 13.2 Å². The zero-order valence-electron chi connectivity index (χ0n) is 11.3. The second kappa shape index (κ2) is 7.11. The smallest absolute Gasteiger partial charge is 0.251 e. The third kappa shape index (κ3) is 5.89. The van der Waals surface area contributed by atoms with Crippen LogP contribution in [0.25, 0.3) is 0 Å². The molecule has 0 unspecified atom stereocenters. The van der Waals surface area contributed by atoms with E-state index < -0.39 is 10.0 Å². The molecule has 0 saturated heterocycles. The Morgan fingerprint density at radius 2 is 2.05 bits per heavy atom. The highest BCUT2D eigenvalue weighted by Crippen LogP contribution is 2.18. The molecule has 0 atom stereocenters. The van der Waals surface area contributed by atoms with Gasteiger partial charge in [0.15, 0.2) is 0 Å². The van der Waals surface area contributed by atoms with Crippen molar-refractivity contribution in [2.45, 2.75) is 13.3 Å². The molecule has 8 heteroatoms. The van der Waals surface area contributed by atoms with Crippen LogP contribution in [0.3, 0.4) is 0 Å². The van der Waals surface area contributed by atoms with Crippen molar-refractivity contribution < 1.29 is 17.9 Å². The zero-order chi connectivity index (χ0) is 15.2. The molecule has 0 aliphatic rings. The lowest BCUT2D eigenvalue weighted by molar-refractivity contribution is 0.0953. The molecule has 1 rings (SSSR count). The van der Waals surface area contributed by atoms with Gasteiger partial charge in [0, 0.05) is 23.9 Å². The fourth-order valence-corrected chi connectivity index (χ4v) is 2.13. The van der Waals surface area contributed by atoms with E-state index in [0.717, 1.165) is 0 Å². The van der Waals surface area contributed by atoms with Gasteiger partial charge < -0.3 is 15.8 Å². The van der Waals surface area contributed by atoms with Gasteiger partial charge in [0.05, 0.1) is 12.4 Å². The molecule has 0 aromatic heterocycles. The molecular formula is C12H19N3O4S. The number of nitrogens with two attached hydrogens (primary N) is 2. The molecule has 0 aliphatic carbocycles. The predicted molar refractivity (Wildman–Crippen MR) is 76.9 cm³/mol. The van der Waals surface area contributed by atoms with E-state index >= 15 is 0 Å². The minimum Gasteiger partial charge on any atom is -0.494 e. The minimum atomic E-state index is -3.50. The molecule has 0 radical (unpaired) electrons. The quantitative estimate of drug-likeness (QED) is 0.486. The van der Waals surface area contributed by atoms with Crippen LogP contribution in [0, 0.1) is 0 Å². The van der Waals surface area contributed by atoms with Gasteiger partial charge in [-0.25, -0.2) is 13.6 Å². The van der Waals surface area contributed by atoms with Gasteiger partial charge in [0.1, 0.15) is 5.75 Å². The third-order valence-electron chi connectivity index (χ3n) is 2.39. The van der Waals surface area contributed by atoms with Crippen LogP contribution >= 0.6 is 0 Å². The number of nitrogen functional groups attached to an aromatic ring is 1. The van der Waals surface area contributed by atoms with Crippen LogP contribution in [-0.2, 0) is 10.0 Å². The van der Waals surface area contributed by atoms with E-state index in [2.05, 4.69) is 5.32 Å². The van der Waals surface area contributed by atoms with Crippen LogP contribution in [0.1, 0.15) is 23.7 Å². The maximum Gasteiger partial charge on any atom is 0.251 e. The van der Waals surface area contributed by atoms with Crippen molar-refractivity contribution in [2.24, 2.45) is 5.14 Å². The number of anilines is 1. The van der Waals surface area contributed by atoms with E-state index in [4.69, 9.17) is 15.6 Å². The Morgan fingerprint density at radius 1 is 1.35 bits per heavy atom. The topological polar surface area (TPSA) is 125 Å². The molecular weight excluding hydrogens is 282 g/mol. The highest BCUT2D eigenvalue weighted by molar-refractivity contribution is 7.89. The first kappa shape index (κ1) is 16.3. The van der Waals surface area contributed by atoms with E-state index in [1.807, 2.05) is 6.92 Å². The number of carbonyl (C=O) groups excluding carboxylic acids is 1. The summed E-state index contributed by atoms with van der Waals surface area (Å²) in [6.07, 6.45) is 0.255. The van der Waals surface area contributed by atoms with Gasteiger partial charge in [-0.2, -0.15) is 0 Å². The van der Waals surface area contributed by atoms with Crippen LogP contribution in [0.2, 0.25) is 0 Å². The summed E-state index contributed by atoms with van der Waals surface area (Å²) in [5, 5.41) is 7.46. The van der Waals surface area contributed by atoms with Crippen molar-refractivity contribution in [3.8, 4) is 5.75 Å². The summed E-state index contributed by atoms with van der Waals surface area (Å²) in [5.74, 6) is 0.00358. The Bertz CT molecular complexity index is 572. The van der Waals surface area contributed by atoms with Gasteiger partial charge >= 0.3 is 0 Å². The maximum atomic E-state index is 11.9. The minimum absolute atomic E-state index is 0.172. The lowest BCUT2D eigenvalue weighted by atomic mass is 10.1. The van der Waals surface area contributed by atoms with E-state index in [-0.39, 0.29) is 24.6 Å². The van der Waals surface area contributed by atoms with Crippen LogP contribution in [0.15, 0.2) is 18.2 Å². The van der Waals surface area contributed by atoms with Crippen LogP contribution in [-0.4, -0.2) is 33.2 Å². The average Bonchev–Trinajstić information content (AvgIpc) is 2.33. The molecule has 20 heavy (non-hydrogen) atoms. The highest BCUT2D eigenvalue weighted by Gasteiger charge is 2.09. The highest BCUT2D eigenvalue weighted by atomic mass is 32.2. The fourth-order valence-electron chi connectivity index (χ4n) is 1.58. The molecule has 1 amide bonds. The molecule has 0 aliphatic heterocycles. The number of nitrogens with one attached hydrogen (secondary N) is 1. The van der Waals surface area contributed by atoms with E-state index in [0.29, 0.717) is 23.6 Å². The molecule has 1 aromatic carbocycles. The number of sulfonamides is 1. The first-order valence-electron chi connectivity index (χ1n) is 6.14. The number of benzene rings is 1. The fraction of sp³-hybridized carbons (Fsp3) is 0.417. The Hall–Kier alpha value is -1.80. The largest absolute Gasteiger partial charge is 0.494 e. The van der Waals surface area contributed by atoms with Crippen molar-refractivity contribution in [1.82, 2.24) is 5.32 Å². The van der Waals surface area contributed by atoms with Crippen LogP contribution < -0.4 is 20.9 Å². The van der Waals surface area contributed by atoms with Gasteiger partial charge in [-0.1, -0.05) is 0 Å². The van der Waals surface area contributed by atoms with Crippen molar-refractivity contribution in [3.05, 3.63) is 23.8 Å². The first-order chi connectivity index (χ1) is 9.31. The van der Waals surface area contributed by atoms with Gasteiger partial charge in [-0.15, -0.1) is 0 Å². The summed E-state index contributed by atoms with van der Waals surface area (Å²) < 4.78 is 26.8. The average molecular weight is 301 g/mol. The molecule has 7 nitrogen and oxygen atoms in total. The number of carbonyl (C=O) groups is 1. The number of hydrogen-bond acceptors (Lipinski definition) is 5. The van der Waals surface area contributed by atoms with Gasteiger partial charge in [0.2, 0.25) is 10.0 Å². The standard InChI is InChI=1S/C12H19N3O4S/c1-2-19-11-7-9(6-10(13)8-11)12(16)15-4-3-5-20(14,17)18/h6-8H,2-5,13H2,1H3,(H,15,16)(H2,14,17,18). The van der Waals surface area contributed by atoms with Crippen molar-refractivity contribution in [3.63, 3.8) is 0 Å².